The summed E-state index contributed by atoms with van der Waals surface area (Å²) in [6.07, 6.45) is 4.19. The third-order valence-corrected chi connectivity index (χ3v) is 4.84. The third kappa shape index (κ3) is 2.83. The van der Waals surface area contributed by atoms with Crippen molar-refractivity contribution in [3.63, 3.8) is 0 Å². The first-order valence-corrected chi connectivity index (χ1v) is 8.50. The summed E-state index contributed by atoms with van der Waals surface area (Å²) in [6, 6.07) is 14.7. The lowest BCUT2D eigenvalue weighted by Gasteiger charge is -2.14. The minimum absolute atomic E-state index is 0.272. The number of nitrogens with zero attached hydrogens (tertiary/aromatic N) is 2. The molecule has 122 valence electrons. The van der Waals surface area contributed by atoms with E-state index in [4.69, 9.17) is 11.8 Å². The summed E-state index contributed by atoms with van der Waals surface area (Å²) in [5, 5.41) is 4.46. The summed E-state index contributed by atoms with van der Waals surface area (Å²) in [7, 11) is 0. The Morgan fingerprint density at radius 2 is 2.00 bits per heavy atom. The zero-order valence-corrected chi connectivity index (χ0v) is 14.1. The van der Waals surface area contributed by atoms with Gasteiger partial charge in [-0.15, -0.1) is 0 Å². The lowest BCUT2D eigenvalue weighted by Crippen LogP contribution is -2.20. The molecule has 3 aromatic rings. The molecule has 0 bridgehead atoms. The van der Waals surface area contributed by atoms with E-state index in [0.717, 1.165) is 20.6 Å². The number of benzene rings is 1. The summed E-state index contributed by atoms with van der Waals surface area (Å²) < 4.78 is 1.06. The summed E-state index contributed by atoms with van der Waals surface area (Å²) in [5.74, 6) is 0. The fourth-order valence-corrected chi connectivity index (χ4v) is 3.20. The lowest BCUT2D eigenvalue weighted by atomic mass is 9.99. The average Bonchev–Trinajstić information content (AvgIpc) is 3.42. The van der Waals surface area contributed by atoms with Gasteiger partial charge >= 0.3 is 0 Å². The molecule has 5 heteroatoms. The van der Waals surface area contributed by atoms with Crippen LogP contribution in [0.5, 0.6) is 0 Å². The van der Waals surface area contributed by atoms with Crippen molar-refractivity contribution < 1.29 is 0 Å². The Morgan fingerprint density at radius 1 is 1.25 bits per heavy atom. The van der Waals surface area contributed by atoms with Gasteiger partial charge in [0.1, 0.15) is 0 Å². The maximum absolute atomic E-state index is 12.1. The highest BCUT2D eigenvalue weighted by Gasteiger charge is 2.23. The molecule has 0 amide bonds. The number of fused-ring (bicyclic) bond motifs is 1. The van der Waals surface area contributed by atoms with Crippen molar-refractivity contribution in [1.29, 1.82) is 0 Å². The molecule has 1 N–H and O–H groups in total. The largest absolute Gasteiger partial charge is 0.307 e. The predicted octanol–water partition coefficient (Wildman–Crippen LogP) is 3.88. The third-order valence-electron chi connectivity index (χ3n) is 4.51. The molecular weight excluding hydrogens is 322 g/mol. The van der Waals surface area contributed by atoms with Crippen LogP contribution in [0.4, 0.5) is 0 Å². The number of aromatic nitrogens is 2. The van der Waals surface area contributed by atoms with Crippen LogP contribution in [0.3, 0.4) is 0 Å². The first-order valence-electron chi connectivity index (χ1n) is 8.17. The van der Waals surface area contributed by atoms with Gasteiger partial charge in [0.25, 0.3) is 5.56 Å². The van der Waals surface area contributed by atoms with Crippen LogP contribution in [-0.4, -0.2) is 15.1 Å². The van der Waals surface area contributed by atoms with Gasteiger partial charge in [-0.2, -0.15) is 4.09 Å². The van der Waals surface area contributed by atoms with Crippen LogP contribution in [0.15, 0.2) is 53.5 Å². The van der Waals surface area contributed by atoms with E-state index < -0.39 is 0 Å². The highest BCUT2D eigenvalue weighted by Crippen LogP contribution is 2.29. The van der Waals surface area contributed by atoms with E-state index in [-0.39, 0.29) is 5.56 Å². The molecule has 1 aliphatic rings. The van der Waals surface area contributed by atoms with Gasteiger partial charge in [0.05, 0.1) is 0 Å². The second kappa shape index (κ2) is 6.04. The van der Waals surface area contributed by atoms with Gasteiger partial charge in [-0.25, -0.2) is 4.98 Å². The van der Waals surface area contributed by atoms with Crippen LogP contribution < -0.4 is 10.9 Å². The number of rotatable bonds is 4. The Bertz CT molecular complexity index is 945. The highest BCUT2D eigenvalue weighted by atomic mass is 35.5. The van der Waals surface area contributed by atoms with Gasteiger partial charge in [0.2, 0.25) is 0 Å². The summed E-state index contributed by atoms with van der Waals surface area (Å²) in [6.45, 7) is 2.18. The average molecular weight is 340 g/mol. The molecule has 0 aliphatic heterocycles. The Labute approximate surface area is 145 Å². The molecule has 1 atom stereocenters. The molecule has 0 radical (unpaired) electrons. The second-order valence-corrected chi connectivity index (χ2v) is 6.67. The standard InChI is InChI=1S/C19H18ClN3O/c1-12(22-15-8-9-15)13-4-6-14(7-5-13)17-11-18(24)23(20)19-16(17)3-2-10-21-19/h2-7,10-12,15,22H,8-9H2,1H3. The van der Waals surface area contributed by atoms with Crippen LogP contribution in [0, 0.1) is 0 Å². The SMILES string of the molecule is CC(NC1CC1)c1ccc(-c2cc(=O)n(Cl)c3ncccc23)cc1. The number of halogens is 1. The molecule has 0 saturated heterocycles. The second-order valence-electron chi connectivity index (χ2n) is 6.34. The summed E-state index contributed by atoms with van der Waals surface area (Å²) >= 11 is 6.04. The van der Waals surface area contributed by atoms with Crippen molar-refractivity contribution >= 4 is 22.8 Å². The van der Waals surface area contributed by atoms with Crippen molar-refractivity contribution in [2.75, 3.05) is 0 Å². The molecule has 1 aromatic carbocycles. The van der Waals surface area contributed by atoms with E-state index in [1.165, 1.54) is 18.4 Å². The highest BCUT2D eigenvalue weighted by molar-refractivity contribution is 6.18. The molecule has 1 saturated carbocycles. The van der Waals surface area contributed by atoms with E-state index in [0.29, 0.717) is 17.7 Å². The first kappa shape index (κ1) is 15.4. The molecule has 4 nitrogen and oxygen atoms in total. The monoisotopic (exact) mass is 339 g/mol. The van der Waals surface area contributed by atoms with Crippen molar-refractivity contribution in [3.8, 4) is 11.1 Å². The Kier molecular flexibility index (Phi) is 3.87. The Balaban J connectivity index is 1.75. The maximum Gasteiger partial charge on any atom is 0.267 e. The predicted molar refractivity (Wildman–Crippen MR) is 97.3 cm³/mol. The molecule has 1 fully saturated rings. The number of hydrogen-bond donors (Lipinski definition) is 1. The van der Waals surface area contributed by atoms with Crippen molar-refractivity contribution in [2.24, 2.45) is 0 Å². The van der Waals surface area contributed by atoms with Crippen molar-refractivity contribution in [3.05, 3.63) is 64.6 Å². The van der Waals surface area contributed by atoms with E-state index in [9.17, 15) is 4.79 Å². The van der Waals surface area contributed by atoms with Gasteiger partial charge in [-0.3, -0.25) is 4.79 Å². The van der Waals surface area contributed by atoms with Crippen LogP contribution in [0.25, 0.3) is 22.2 Å². The van der Waals surface area contributed by atoms with Crippen LogP contribution in [0.1, 0.15) is 31.4 Å². The minimum atomic E-state index is -0.272. The number of nitrogens with one attached hydrogen (secondary N) is 1. The lowest BCUT2D eigenvalue weighted by molar-refractivity contribution is 0.571. The van der Waals surface area contributed by atoms with E-state index in [2.05, 4.69) is 41.5 Å². The van der Waals surface area contributed by atoms with Gasteiger partial charge in [0.15, 0.2) is 5.65 Å². The Hall–Kier alpha value is -2.17. The first-order chi connectivity index (χ1) is 11.6. The molecule has 2 aromatic heterocycles. The van der Waals surface area contributed by atoms with Crippen molar-refractivity contribution in [1.82, 2.24) is 14.4 Å². The molecule has 1 unspecified atom stereocenters. The fraction of sp³-hybridized carbons (Fsp3) is 0.263. The van der Waals surface area contributed by atoms with Crippen molar-refractivity contribution in [2.45, 2.75) is 31.8 Å². The van der Waals surface area contributed by atoms with Crippen LogP contribution in [-0.2, 0) is 0 Å². The van der Waals surface area contributed by atoms with E-state index in [1.807, 2.05) is 12.1 Å². The molecule has 2 heterocycles. The Morgan fingerprint density at radius 3 is 2.71 bits per heavy atom. The summed E-state index contributed by atoms with van der Waals surface area (Å²) in [4.78, 5) is 16.3. The molecule has 0 spiro atoms. The van der Waals surface area contributed by atoms with Gasteiger partial charge in [0, 0.05) is 41.5 Å². The number of pyridine rings is 2. The summed E-state index contributed by atoms with van der Waals surface area (Å²) in [5.41, 5.74) is 3.30. The normalized spacial score (nSPS) is 15.6. The zero-order chi connectivity index (χ0) is 16.7. The van der Waals surface area contributed by atoms with Gasteiger partial charge in [-0.05, 0) is 48.6 Å². The van der Waals surface area contributed by atoms with Crippen LogP contribution in [0.2, 0.25) is 0 Å². The van der Waals surface area contributed by atoms with E-state index >= 15 is 0 Å². The smallest absolute Gasteiger partial charge is 0.267 e. The topological polar surface area (TPSA) is 46.9 Å². The van der Waals surface area contributed by atoms with Crippen LogP contribution >= 0.6 is 11.8 Å². The zero-order valence-electron chi connectivity index (χ0n) is 13.4. The molecular formula is C19H18ClN3O. The quantitative estimate of drug-likeness (QED) is 0.784. The van der Waals surface area contributed by atoms with E-state index in [1.54, 1.807) is 12.3 Å². The fourth-order valence-electron chi connectivity index (χ4n) is 3.02. The number of hydrogen-bond acceptors (Lipinski definition) is 3. The maximum atomic E-state index is 12.1. The molecule has 1 aliphatic carbocycles. The molecule has 4 rings (SSSR count). The van der Waals surface area contributed by atoms with Gasteiger partial charge in [-0.1, -0.05) is 24.3 Å². The minimum Gasteiger partial charge on any atom is -0.307 e. The molecule has 24 heavy (non-hydrogen) atoms. The van der Waals surface area contributed by atoms with Gasteiger partial charge < -0.3 is 5.32 Å².